The minimum atomic E-state index is -2.72. The van der Waals surface area contributed by atoms with E-state index in [4.69, 9.17) is 28.8 Å². The second-order valence-corrected chi connectivity index (χ2v) is 29.3. The number of carbonyl (C=O) groups excluding carboxylic acids is 2. The molecule has 0 radical (unpaired) electrons. The van der Waals surface area contributed by atoms with Crippen molar-refractivity contribution < 1.29 is 42.9 Å². The highest BCUT2D eigenvalue weighted by molar-refractivity contribution is 6.74. The van der Waals surface area contributed by atoms with Gasteiger partial charge in [0.05, 0.1) is 19.8 Å². The maximum Gasteiger partial charge on any atom is 0.333 e. The van der Waals surface area contributed by atoms with Gasteiger partial charge in [0, 0.05) is 18.8 Å². The Kier molecular flexibility index (Phi) is 16.9. The Hall–Kier alpha value is -3.21. The number of rotatable bonds is 18. The molecule has 0 spiro atoms. The Bertz CT molecular complexity index is 1860. The first-order valence-corrected chi connectivity index (χ1v) is 26.6. The molecule has 18 heteroatoms. The number of hydrogen-bond donors (Lipinski definition) is 5. The Balaban J connectivity index is 2.20. The van der Waals surface area contributed by atoms with Crippen LogP contribution in [0, 0.1) is 0 Å². The highest BCUT2D eigenvalue weighted by Gasteiger charge is 2.57. The van der Waals surface area contributed by atoms with Crippen LogP contribution in [0.5, 0.6) is 5.75 Å². The fraction of sp³-hybridized carbons (Fsp3) is 0.714. The zero-order valence-corrected chi connectivity index (χ0v) is 40.5. The van der Waals surface area contributed by atoms with Gasteiger partial charge in [-0.15, -0.1) is 0 Å². The molecule has 1 fully saturated rings. The molecule has 0 bridgehead atoms. The Morgan fingerprint density at radius 1 is 0.883 bits per heavy atom. The molecule has 2 aromatic rings. The summed E-state index contributed by atoms with van der Waals surface area (Å²) in [6.45, 7) is 27.6. The number of aliphatic hydroxyl groups is 2. The minimum Gasteiger partial charge on any atom is -0.497 e. The van der Waals surface area contributed by atoms with E-state index in [1.54, 1.807) is 52.1 Å². The summed E-state index contributed by atoms with van der Waals surface area (Å²) >= 11 is 0. The molecule has 8 atom stereocenters. The first-order chi connectivity index (χ1) is 27.4. The van der Waals surface area contributed by atoms with Gasteiger partial charge in [0.25, 0.3) is 5.56 Å². The van der Waals surface area contributed by atoms with E-state index in [-0.39, 0.29) is 29.7 Å². The fourth-order valence-corrected chi connectivity index (χ4v) is 8.62. The number of nitrogens with one attached hydrogen (secondary N) is 2. The summed E-state index contributed by atoms with van der Waals surface area (Å²) in [6, 6.07) is 5.88. The van der Waals surface area contributed by atoms with Crippen LogP contribution in [-0.4, -0.2) is 116 Å². The van der Waals surface area contributed by atoms with Crippen LogP contribution in [-0.2, 0) is 34.5 Å². The number of carbonyl (C=O) groups is 2. The lowest BCUT2D eigenvalue weighted by molar-refractivity contribution is -0.166. The summed E-state index contributed by atoms with van der Waals surface area (Å²) in [4.78, 5) is 54.2. The van der Waals surface area contributed by atoms with Crippen LogP contribution in [0.3, 0.4) is 0 Å². The predicted molar refractivity (Wildman–Crippen MR) is 236 cm³/mol. The first kappa shape index (κ1) is 51.1. The summed E-state index contributed by atoms with van der Waals surface area (Å²) in [7, 11) is -3.88. The van der Waals surface area contributed by atoms with Crippen LogP contribution in [0.15, 0.2) is 46.1 Å². The molecule has 2 heterocycles. The van der Waals surface area contributed by atoms with Crippen LogP contribution >= 0.6 is 0 Å². The number of aliphatic hydroxyl groups excluding tert-OH is 2. The quantitative estimate of drug-likeness (QED) is 0.0824. The zero-order chi connectivity index (χ0) is 45.8. The molecule has 6 N–H and O–H groups in total. The molecule has 3 rings (SSSR count). The number of benzene rings is 1. The molecule has 0 unspecified atom stereocenters. The molecule has 0 aliphatic carbocycles. The summed E-state index contributed by atoms with van der Waals surface area (Å²) < 4.78 is 34.7. The van der Waals surface area contributed by atoms with E-state index >= 15 is 0 Å². The summed E-state index contributed by atoms with van der Waals surface area (Å²) in [5.74, 6) is -0.647. The molecular formula is C42H73N5O11Si2. The fourth-order valence-electron chi connectivity index (χ4n) is 6.03. The maximum atomic E-state index is 14.5. The van der Waals surface area contributed by atoms with Crippen LogP contribution in [0.25, 0.3) is 0 Å². The Labute approximate surface area is 357 Å². The van der Waals surface area contributed by atoms with Crippen LogP contribution in [0.2, 0.25) is 36.3 Å². The normalized spacial score (nSPS) is 21.2. The van der Waals surface area contributed by atoms with Crippen molar-refractivity contribution in [2.75, 3.05) is 20.2 Å². The number of hydrogen-bond acceptors (Lipinski definition) is 13. The van der Waals surface area contributed by atoms with Crippen molar-refractivity contribution in [1.29, 1.82) is 0 Å². The second-order valence-electron chi connectivity index (χ2n) is 19.8. The minimum absolute atomic E-state index is 0.0328. The average Bonchev–Trinajstić information content (AvgIpc) is 3.44. The van der Waals surface area contributed by atoms with E-state index in [2.05, 4.69) is 78.4 Å². The standard InChI is InChI=1S/C42H73N5O11Si2/c1-26(48)30(43)36(51)45-23-16-22-44-31(38(52)56-40(2,3)4)32(50)33-34(57-59(12,13)41(5,6)7)35(58-60(14,15)42(8,9)10)37(55-33)46-24-21-29(49)47(39(46)53)25-27-17-19-28(54-11)20-18-27/h17-21,24,26,30-35,37,44,48,50H,16,22-23,25,43H2,1-15H3,(H,45,51)/t26-,30-,31-,32+,33+,34+,35+,37+/m0/s1. The highest BCUT2D eigenvalue weighted by Crippen LogP contribution is 2.46. The molecule has 1 amide bonds. The summed E-state index contributed by atoms with van der Waals surface area (Å²) in [6.07, 6.45) is -5.36. The Morgan fingerprint density at radius 2 is 1.43 bits per heavy atom. The van der Waals surface area contributed by atoms with Gasteiger partial charge in [-0.3, -0.25) is 23.5 Å². The molecule has 60 heavy (non-hydrogen) atoms. The van der Waals surface area contributed by atoms with Gasteiger partial charge in [0.2, 0.25) is 5.91 Å². The van der Waals surface area contributed by atoms with Gasteiger partial charge in [-0.25, -0.2) is 4.79 Å². The monoisotopic (exact) mass is 879 g/mol. The topological polar surface area (TPSA) is 215 Å². The van der Waals surface area contributed by atoms with Crippen molar-refractivity contribution in [3.63, 3.8) is 0 Å². The SMILES string of the molecule is COc1ccc(Cn2c(=O)ccn([C@@H]3O[C@H]([C@H](O)[C@H](NCCCNC(=O)[C@@H](N)[C@H](C)O)C(=O)OC(C)(C)C)[C@@H](O[Si](C)(C)C(C)(C)C)[C@H]3O[Si](C)(C)C(C)(C)C)c2=O)cc1. The van der Waals surface area contributed by atoms with E-state index in [0.29, 0.717) is 17.7 Å². The lowest BCUT2D eigenvalue weighted by atomic mass is 9.99. The molecular weight excluding hydrogens is 807 g/mol. The van der Waals surface area contributed by atoms with Gasteiger partial charge in [-0.1, -0.05) is 53.7 Å². The van der Waals surface area contributed by atoms with Gasteiger partial charge in [-0.05, 0) is 94.6 Å². The number of aromatic nitrogens is 2. The van der Waals surface area contributed by atoms with E-state index in [1.165, 1.54) is 23.8 Å². The van der Waals surface area contributed by atoms with Crippen molar-refractivity contribution in [3.8, 4) is 5.75 Å². The van der Waals surface area contributed by atoms with E-state index < -0.39 is 94.2 Å². The van der Waals surface area contributed by atoms with E-state index in [9.17, 15) is 29.4 Å². The number of esters is 1. The largest absolute Gasteiger partial charge is 0.497 e. The summed E-state index contributed by atoms with van der Waals surface area (Å²) in [5.41, 5.74) is 4.36. The van der Waals surface area contributed by atoms with E-state index in [0.717, 1.165) is 4.57 Å². The van der Waals surface area contributed by atoms with Gasteiger partial charge < -0.3 is 49.6 Å². The van der Waals surface area contributed by atoms with Gasteiger partial charge in [-0.2, -0.15) is 0 Å². The number of amides is 1. The third-order valence-electron chi connectivity index (χ3n) is 11.7. The smallest absolute Gasteiger partial charge is 0.333 e. The van der Waals surface area contributed by atoms with Crippen molar-refractivity contribution >= 4 is 28.5 Å². The highest BCUT2D eigenvalue weighted by atomic mass is 28.4. The third kappa shape index (κ3) is 12.9. The number of methoxy groups -OCH3 is 1. The third-order valence-corrected chi connectivity index (χ3v) is 20.7. The molecule has 1 saturated heterocycles. The maximum absolute atomic E-state index is 14.5. The van der Waals surface area contributed by atoms with Gasteiger partial charge >= 0.3 is 11.7 Å². The zero-order valence-electron chi connectivity index (χ0n) is 38.5. The average molecular weight is 880 g/mol. The van der Waals surface area contributed by atoms with Crippen molar-refractivity contribution in [1.82, 2.24) is 19.8 Å². The lowest BCUT2D eigenvalue weighted by Crippen LogP contribution is -2.59. The molecule has 16 nitrogen and oxygen atoms in total. The first-order valence-electron chi connectivity index (χ1n) is 20.7. The van der Waals surface area contributed by atoms with Crippen LogP contribution in [0.1, 0.15) is 87.4 Å². The van der Waals surface area contributed by atoms with Gasteiger partial charge in [0.1, 0.15) is 47.9 Å². The number of nitrogens with zero attached hydrogens (tertiary/aromatic N) is 2. The van der Waals surface area contributed by atoms with Crippen LogP contribution < -0.4 is 32.4 Å². The molecule has 340 valence electrons. The molecule has 0 saturated carbocycles. The van der Waals surface area contributed by atoms with Gasteiger partial charge in [0.15, 0.2) is 22.9 Å². The van der Waals surface area contributed by atoms with Crippen molar-refractivity contribution in [3.05, 3.63) is 62.9 Å². The Morgan fingerprint density at radius 3 is 1.93 bits per heavy atom. The lowest BCUT2D eigenvalue weighted by Gasteiger charge is -2.44. The van der Waals surface area contributed by atoms with E-state index in [1.807, 2.05) is 0 Å². The second kappa shape index (κ2) is 19.9. The van der Waals surface area contributed by atoms with Crippen LogP contribution in [0.4, 0.5) is 0 Å². The summed E-state index contributed by atoms with van der Waals surface area (Å²) in [5, 5.41) is 27.4. The number of ether oxygens (including phenoxy) is 3. The molecule has 1 aliphatic rings. The molecule has 1 aliphatic heterocycles. The number of nitrogens with two attached hydrogens (primary N) is 1. The molecule has 1 aromatic heterocycles. The molecule has 1 aromatic carbocycles. The predicted octanol–water partition coefficient (Wildman–Crippen LogP) is 3.62. The van der Waals surface area contributed by atoms with Crippen molar-refractivity contribution in [2.45, 2.75) is 173 Å². The van der Waals surface area contributed by atoms with Crippen molar-refractivity contribution in [2.24, 2.45) is 5.73 Å².